The fourth-order valence-corrected chi connectivity index (χ4v) is 7.33. The van der Waals surface area contributed by atoms with Crippen LogP contribution in [0.5, 0.6) is 0 Å². The number of nitrogens with zero attached hydrogens (tertiary/aromatic N) is 6. The Hall–Kier alpha value is -3.31. The van der Waals surface area contributed by atoms with Crippen LogP contribution in [-0.4, -0.2) is 101 Å². The second-order valence-electron chi connectivity index (χ2n) is 13.1. The predicted octanol–water partition coefficient (Wildman–Crippen LogP) is 2.77. The van der Waals surface area contributed by atoms with Crippen LogP contribution in [0.2, 0.25) is 5.02 Å². The van der Waals surface area contributed by atoms with Gasteiger partial charge in [0.2, 0.25) is 5.91 Å². The molecule has 10 nitrogen and oxygen atoms in total. The van der Waals surface area contributed by atoms with E-state index in [0.717, 1.165) is 40.9 Å². The van der Waals surface area contributed by atoms with Crippen molar-refractivity contribution in [2.75, 3.05) is 32.7 Å². The normalized spacial score (nSPS) is 24.4. The van der Waals surface area contributed by atoms with Crippen LogP contribution in [0.3, 0.4) is 0 Å². The average Bonchev–Trinajstić information content (AvgIpc) is 3.31. The van der Waals surface area contributed by atoms with Crippen molar-refractivity contribution in [3.63, 3.8) is 0 Å². The molecule has 3 aromatic rings. The Morgan fingerprint density at radius 3 is 2.66 bits per heavy atom. The van der Waals surface area contributed by atoms with Gasteiger partial charge < -0.3 is 24.6 Å². The number of hydrogen-bond donors (Lipinski definition) is 2. The molecular weight excluding hydrogens is 580 g/mol. The molecule has 234 valence electrons. The third-order valence-electron chi connectivity index (χ3n) is 9.20. The Bertz CT molecular complexity index is 1550. The van der Waals surface area contributed by atoms with Crippen molar-refractivity contribution in [1.82, 2.24) is 29.2 Å². The third-order valence-corrected chi connectivity index (χ3v) is 9.44. The summed E-state index contributed by atoms with van der Waals surface area (Å²) in [6.45, 7) is 6.81. The summed E-state index contributed by atoms with van der Waals surface area (Å²) in [7, 11) is 0. The van der Waals surface area contributed by atoms with E-state index in [0.29, 0.717) is 37.5 Å². The van der Waals surface area contributed by atoms with Gasteiger partial charge in [0.25, 0.3) is 5.91 Å². The molecule has 0 saturated carbocycles. The Kier molecular flexibility index (Phi) is 8.30. The van der Waals surface area contributed by atoms with Crippen LogP contribution in [0.15, 0.2) is 49.1 Å². The van der Waals surface area contributed by atoms with Crippen molar-refractivity contribution < 1.29 is 19.8 Å². The van der Waals surface area contributed by atoms with Crippen LogP contribution in [0.25, 0.3) is 0 Å². The van der Waals surface area contributed by atoms with Gasteiger partial charge in [-0.1, -0.05) is 23.7 Å². The fourth-order valence-electron chi connectivity index (χ4n) is 7.14. The highest BCUT2D eigenvalue weighted by Gasteiger charge is 2.46. The van der Waals surface area contributed by atoms with Crippen molar-refractivity contribution in [2.24, 2.45) is 0 Å². The van der Waals surface area contributed by atoms with Crippen LogP contribution >= 0.6 is 11.6 Å². The first-order valence-electron chi connectivity index (χ1n) is 15.4. The number of piperidine rings is 1. The maximum absolute atomic E-state index is 14.4. The van der Waals surface area contributed by atoms with E-state index in [4.69, 9.17) is 16.6 Å². The number of pyridine rings is 1. The molecule has 4 heterocycles. The van der Waals surface area contributed by atoms with E-state index in [2.05, 4.69) is 22.0 Å². The van der Waals surface area contributed by atoms with Gasteiger partial charge in [0, 0.05) is 43.6 Å². The quantitative estimate of drug-likeness (QED) is 0.451. The van der Waals surface area contributed by atoms with Gasteiger partial charge in [-0.3, -0.25) is 19.5 Å². The van der Waals surface area contributed by atoms with Crippen molar-refractivity contribution in [3.05, 3.63) is 82.2 Å². The van der Waals surface area contributed by atoms with E-state index in [1.807, 2.05) is 35.9 Å². The number of aryl methyl sites for hydroxylation is 3. The highest BCUT2D eigenvalue weighted by molar-refractivity contribution is 6.30. The Labute approximate surface area is 263 Å². The number of hydrogen-bond acceptors (Lipinski definition) is 7. The molecular formula is C33H41ClN6O4. The fraction of sp³-hybridized carbons (Fsp3) is 0.515. The number of piperazine rings is 1. The summed E-state index contributed by atoms with van der Waals surface area (Å²) < 4.78 is 1.86. The average molecular weight is 621 g/mol. The molecule has 1 aliphatic carbocycles. The maximum atomic E-state index is 14.4. The SMILES string of the molecule is Cc1cn(CC2(O)CCCN(C(=O)[C@H]3CN([C@H]4c5ccc(Cl)cc5CCc5cccnc54)CCN3C(=O)C(C)(C)O)C2)cn1. The predicted molar refractivity (Wildman–Crippen MR) is 166 cm³/mol. The van der Waals surface area contributed by atoms with Gasteiger partial charge in [0.1, 0.15) is 17.2 Å². The molecule has 1 aromatic carbocycles. The zero-order chi connectivity index (χ0) is 31.2. The molecule has 2 aromatic heterocycles. The zero-order valence-corrected chi connectivity index (χ0v) is 26.4. The number of fused-ring (bicyclic) bond motifs is 2. The molecule has 0 bridgehead atoms. The molecule has 2 amide bonds. The molecule has 0 radical (unpaired) electrons. The molecule has 2 fully saturated rings. The maximum Gasteiger partial charge on any atom is 0.254 e. The minimum Gasteiger partial charge on any atom is -0.386 e. The van der Waals surface area contributed by atoms with E-state index < -0.39 is 23.2 Å². The first kappa shape index (κ1) is 30.7. The summed E-state index contributed by atoms with van der Waals surface area (Å²) in [6.07, 6.45) is 8.23. The van der Waals surface area contributed by atoms with Gasteiger partial charge in [0.15, 0.2) is 0 Å². The van der Waals surface area contributed by atoms with Gasteiger partial charge in [-0.25, -0.2) is 4.98 Å². The monoisotopic (exact) mass is 620 g/mol. The van der Waals surface area contributed by atoms with Crippen LogP contribution in [-0.2, 0) is 29.0 Å². The number of rotatable bonds is 5. The minimum absolute atomic E-state index is 0.152. The molecule has 1 unspecified atom stereocenters. The van der Waals surface area contributed by atoms with Gasteiger partial charge in [-0.05, 0) is 81.3 Å². The summed E-state index contributed by atoms with van der Waals surface area (Å²) >= 11 is 6.42. The standard InChI is InChI=1S/C33H41ClN6O4/c1-22-17-37(21-36-22)19-33(44)11-5-13-39(20-33)30(41)27-18-38(14-15-40(27)31(42)32(2,3)43)29-26-10-9-25(34)16-24(26)8-7-23-6-4-12-35-28(23)29/h4,6,9-10,12,16-17,21,27,29,43-44H,5,7-8,11,13-15,18-20H2,1-3H3/t27-,29+,33?/m1/s1. The van der Waals surface area contributed by atoms with Crippen molar-refractivity contribution >= 4 is 23.4 Å². The highest BCUT2D eigenvalue weighted by Crippen LogP contribution is 2.38. The summed E-state index contributed by atoms with van der Waals surface area (Å²) in [5.74, 6) is -0.707. The highest BCUT2D eigenvalue weighted by atomic mass is 35.5. The summed E-state index contributed by atoms with van der Waals surface area (Å²) in [6, 6.07) is 8.96. The Balaban J connectivity index is 1.33. The topological polar surface area (TPSA) is 115 Å². The van der Waals surface area contributed by atoms with Crippen molar-refractivity contribution in [3.8, 4) is 0 Å². The number of aromatic nitrogens is 3. The number of benzene rings is 1. The van der Waals surface area contributed by atoms with E-state index in [-0.39, 0.29) is 31.6 Å². The van der Waals surface area contributed by atoms with Gasteiger partial charge in [0.05, 0.1) is 36.8 Å². The zero-order valence-electron chi connectivity index (χ0n) is 25.6. The Morgan fingerprint density at radius 1 is 1.11 bits per heavy atom. The number of amides is 2. The number of carbonyl (C=O) groups is 2. The van der Waals surface area contributed by atoms with Crippen LogP contribution in [0.1, 0.15) is 60.8 Å². The number of carbonyl (C=O) groups excluding carboxylic acids is 2. The summed E-state index contributed by atoms with van der Waals surface area (Å²) in [5.41, 5.74) is 2.45. The summed E-state index contributed by atoms with van der Waals surface area (Å²) in [4.78, 5) is 42.6. The first-order chi connectivity index (χ1) is 20.9. The molecule has 2 saturated heterocycles. The number of β-amino-alcohol motifs (C(OH)–C–C–N with tert-alkyl or cyclic N) is 1. The number of likely N-dealkylation sites (tertiary alicyclic amines) is 1. The number of halogens is 1. The molecule has 2 aliphatic heterocycles. The lowest BCUT2D eigenvalue weighted by Gasteiger charge is -2.48. The lowest BCUT2D eigenvalue weighted by Crippen LogP contribution is -2.65. The molecule has 3 atom stereocenters. The van der Waals surface area contributed by atoms with Gasteiger partial charge in [-0.2, -0.15) is 0 Å². The number of aliphatic hydroxyl groups is 2. The Morgan fingerprint density at radius 2 is 1.91 bits per heavy atom. The lowest BCUT2D eigenvalue weighted by atomic mass is 9.91. The number of imidazole rings is 1. The smallest absolute Gasteiger partial charge is 0.254 e. The molecule has 6 rings (SSSR count). The second-order valence-corrected chi connectivity index (χ2v) is 13.6. The lowest BCUT2D eigenvalue weighted by molar-refractivity contribution is -0.162. The van der Waals surface area contributed by atoms with E-state index in [9.17, 15) is 19.8 Å². The molecule has 0 spiro atoms. The van der Waals surface area contributed by atoms with Gasteiger partial charge >= 0.3 is 0 Å². The van der Waals surface area contributed by atoms with E-state index in [1.165, 1.54) is 18.7 Å². The molecule has 44 heavy (non-hydrogen) atoms. The summed E-state index contributed by atoms with van der Waals surface area (Å²) in [5, 5.41) is 23.0. The largest absolute Gasteiger partial charge is 0.386 e. The molecule has 2 N–H and O–H groups in total. The van der Waals surface area contributed by atoms with Crippen LogP contribution in [0, 0.1) is 6.92 Å². The molecule has 11 heteroatoms. The molecule has 3 aliphatic rings. The van der Waals surface area contributed by atoms with Crippen LogP contribution in [0.4, 0.5) is 0 Å². The van der Waals surface area contributed by atoms with Crippen LogP contribution < -0.4 is 0 Å². The minimum atomic E-state index is -1.64. The third kappa shape index (κ3) is 6.13. The van der Waals surface area contributed by atoms with Crippen molar-refractivity contribution in [2.45, 2.75) is 76.3 Å². The van der Waals surface area contributed by atoms with E-state index in [1.54, 1.807) is 17.4 Å². The first-order valence-corrected chi connectivity index (χ1v) is 15.8. The second kappa shape index (κ2) is 11.9. The van der Waals surface area contributed by atoms with Crippen molar-refractivity contribution in [1.29, 1.82) is 0 Å². The van der Waals surface area contributed by atoms with E-state index >= 15 is 0 Å². The van der Waals surface area contributed by atoms with Gasteiger partial charge in [-0.15, -0.1) is 0 Å².